The summed E-state index contributed by atoms with van der Waals surface area (Å²) in [5.74, 6) is -1.45. The maximum Gasteiger partial charge on any atom is 0.344 e. The minimum atomic E-state index is -1.52. The summed E-state index contributed by atoms with van der Waals surface area (Å²) in [6, 6.07) is 47.8. The Morgan fingerprint density at radius 3 is 1.02 bits per heavy atom. The van der Waals surface area contributed by atoms with Crippen molar-refractivity contribution in [2.75, 3.05) is 26.4 Å². The Morgan fingerprint density at radius 2 is 0.726 bits per heavy atom. The summed E-state index contributed by atoms with van der Waals surface area (Å²) in [5, 5.41) is 83.2. The molecule has 0 saturated heterocycles. The van der Waals surface area contributed by atoms with Crippen molar-refractivity contribution >= 4 is 36.2 Å². The first-order valence-electron chi connectivity index (χ1n) is 35.0. The van der Waals surface area contributed by atoms with Crippen LogP contribution in [0.25, 0.3) is 0 Å². The van der Waals surface area contributed by atoms with E-state index in [9.17, 15) is 40.2 Å². The first-order chi connectivity index (χ1) is 50.8. The molecule has 0 atom stereocenters. The van der Waals surface area contributed by atoms with Gasteiger partial charge in [-0.3, -0.25) is 9.59 Å². The van der Waals surface area contributed by atoms with Gasteiger partial charge in [-0.25, -0.2) is 19.6 Å². The van der Waals surface area contributed by atoms with Crippen LogP contribution in [0.2, 0.25) is 0 Å². The minimum Gasteiger partial charge on any atom is -0.508 e. The molecule has 536 valence electrons. The van der Waals surface area contributed by atoms with E-state index in [0.29, 0.717) is 100 Å². The van der Waals surface area contributed by atoms with Crippen LogP contribution in [-0.2, 0) is 66.7 Å². The summed E-state index contributed by atoms with van der Waals surface area (Å²) >= 11 is 0. The van der Waals surface area contributed by atoms with Crippen molar-refractivity contribution in [3.05, 3.63) is 281 Å². The minimum absolute atomic E-state index is 0.0490. The molecule has 106 heavy (non-hydrogen) atoms. The number of ether oxygens (including phenoxy) is 6. The van der Waals surface area contributed by atoms with Gasteiger partial charge in [-0.05, 0) is 176 Å². The van der Waals surface area contributed by atoms with Crippen LogP contribution in [0.1, 0.15) is 176 Å². The number of carbonyl (C=O) groups is 4. The van der Waals surface area contributed by atoms with Crippen molar-refractivity contribution in [2.24, 2.45) is 10.2 Å². The molecule has 0 aromatic heterocycles. The van der Waals surface area contributed by atoms with E-state index in [1.54, 1.807) is 99.1 Å². The van der Waals surface area contributed by atoms with Gasteiger partial charge in [0.15, 0.2) is 13.2 Å². The molecule has 4 aliphatic heterocycles. The Bertz CT molecular complexity index is 4880. The molecule has 10 aromatic carbocycles. The Kier molecular flexibility index (Phi) is 17.1. The number of hydrogen-bond acceptors (Lipinski definition) is 18. The number of rotatable bonds is 12. The van der Waals surface area contributed by atoms with Crippen LogP contribution in [-0.4, -0.2) is 103 Å². The Labute approximate surface area is 611 Å². The highest BCUT2D eigenvalue weighted by Gasteiger charge is 2.59. The van der Waals surface area contributed by atoms with Crippen molar-refractivity contribution in [2.45, 2.75) is 103 Å². The molecule has 5 aliphatic rings. The number of hydrazone groups is 2. The third-order valence-corrected chi connectivity index (χ3v) is 20.2. The SMILES string of the molecule is CCOC(=O)COc1c2cc(C(C)(C)C)cc1Cc1cc(/C=N/N3C(=O)c4ccccc4C34c3ccc(O)cc3Oc3cc(O)ccc34)cc(c1O)Cc1cc(C(C)(C)C)cc(c1OCC(=O)OCC)Cc1cc(/C=N\N3C(=O)c4ccccc4C34c3ccc(O)cc3Oc3cc(O)ccc34)cc(c1O)C2. The van der Waals surface area contributed by atoms with E-state index in [1.807, 2.05) is 48.5 Å². The highest BCUT2D eigenvalue weighted by Crippen LogP contribution is 2.61. The first kappa shape index (κ1) is 69.2. The third-order valence-electron chi connectivity index (χ3n) is 20.2. The topological polar surface area (TPSA) is 276 Å². The van der Waals surface area contributed by atoms with Crippen molar-refractivity contribution in [3.63, 3.8) is 0 Å². The van der Waals surface area contributed by atoms with Crippen molar-refractivity contribution < 1.29 is 78.2 Å². The van der Waals surface area contributed by atoms with Crippen LogP contribution in [0.4, 0.5) is 0 Å². The van der Waals surface area contributed by atoms with Gasteiger partial charge >= 0.3 is 11.9 Å². The smallest absolute Gasteiger partial charge is 0.344 e. The summed E-state index contributed by atoms with van der Waals surface area (Å²) in [5.41, 5.74) is 5.73. The fraction of sp³-hybridized carbons (Fsp3) is 0.233. The van der Waals surface area contributed by atoms with Crippen LogP contribution in [0.3, 0.4) is 0 Å². The second-order valence-corrected chi connectivity index (χ2v) is 29.2. The van der Waals surface area contributed by atoms with Gasteiger partial charge in [-0.1, -0.05) is 102 Å². The summed E-state index contributed by atoms with van der Waals surface area (Å²) in [7, 11) is 0. The Balaban J connectivity index is 0.949. The summed E-state index contributed by atoms with van der Waals surface area (Å²) < 4.78 is 37.1. The zero-order valence-electron chi connectivity index (χ0n) is 59.5. The number of aromatic hydroxyl groups is 6. The number of benzene rings is 10. The highest BCUT2D eigenvalue weighted by atomic mass is 16.6. The molecule has 1 aliphatic carbocycles. The summed E-state index contributed by atoms with van der Waals surface area (Å²) in [4.78, 5) is 57.9. The van der Waals surface area contributed by atoms with E-state index >= 15 is 9.59 Å². The molecule has 15 rings (SSSR count). The zero-order valence-corrected chi connectivity index (χ0v) is 59.5. The predicted octanol–water partition coefficient (Wildman–Crippen LogP) is 14.9. The molecule has 4 heterocycles. The van der Waals surface area contributed by atoms with Gasteiger partial charge in [0, 0.05) is 94.5 Å². The monoisotopic (exact) mass is 1420 g/mol. The molecule has 20 nitrogen and oxygen atoms in total. The third kappa shape index (κ3) is 11.8. The van der Waals surface area contributed by atoms with E-state index in [1.165, 1.54) is 58.5 Å². The number of nitrogens with zero attached hydrogens (tertiary/aromatic N) is 4. The van der Waals surface area contributed by atoms with Gasteiger partial charge < -0.3 is 59.1 Å². The van der Waals surface area contributed by atoms with Crippen LogP contribution < -0.4 is 18.9 Å². The van der Waals surface area contributed by atoms with Gasteiger partial charge in [-0.2, -0.15) is 10.2 Å². The fourth-order valence-corrected chi connectivity index (χ4v) is 15.4. The predicted molar refractivity (Wildman–Crippen MR) is 395 cm³/mol. The Morgan fingerprint density at radius 1 is 0.425 bits per heavy atom. The molecule has 2 amide bonds. The number of esters is 2. The van der Waals surface area contributed by atoms with Gasteiger partial charge in [0.05, 0.1) is 25.6 Å². The van der Waals surface area contributed by atoms with Crippen molar-refractivity contribution in [1.82, 2.24) is 10.0 Å². The van der Waals surface area contributed by atoms with Crippen LogP contribution in [0.15, 0.2) is 180 Å². The van der Waals surface area contributed by atoms with Gasteiger partial charge in [0.25, 0.3) is 11.8 Å². The van der Waals surface area contributed by atoms with E-state index in [-0.39, 0.29) is 108 Å². The van der Waals surface area contributed by atoms with E-state index < -0.39 is 58.9 Å². The lowest BCUT2D eigenvalue weighted by Gasteiger charge is -2.41. The van der Waals surface area contributed by atoms with Crippen LogP contribution in [0, 0.1) is 0 Å². The van der Waals surface area contributed by atoms with Crippen molar-refractivity contribution in [1.29, 1.82) is 0 Å². The van der Waals surface area contributed by atoms with E-state index in [2.05, 4.69) is 41.5 Å². The number of phenolic OH excluding ortho intramolecular Hbond substituents is 6. The molecular formula is C86H76N4O16. The second kappa shape index (κ2) is 26.3. The van der Waals surface area contributed by atoms with Crippen LogP contribution in [0.5, 0.6) is 69.0 Å². The molecule has 20 heteroatoms. The highest BCUT2D eigenvalue weighted by molar-refractivity contribution is 6.04. The summed E-state index contributed by atoms with van der Waals surface area (Å²) in [6.07, 6.45) is 2.89. The molecule has 10 aromatic rings. The van der Waals surface area contributed by atoms with Gasteiger partial charge in [0.2, 0.25) is 0 Å². The summed E-state index contributed by atoms with van der Waals surface area (Å²) in [6.45, 7) is 14.8. The zero-order chi connectivity index (χ0) is 74.5. The maximum atomic E-state index is 15.3. The lowest BCUT2D eigenvalue weighted by Crippen LogP contribution is -2.44. The standard InChI is InChI=1S/C86H76N4O16/c1-9-101-75(95)45-103-79-53-31-49-27-47(43-87-89-81(99)63-15-11-13-17-65(63)85(89)67-23-19-59(91)39-71(67)105-72-40-60(92)20-24-68(72)85)29-51(77(49)97)33-55-37-58(84(6,7)8)38-56(80(55)104-46-76(96)102-10-2)34-52-30-48(28-50(78(52)98)32-54(79)36-57(35-53)83(3,4)5)44-88-90-82(100)64-16-12-14-18-66(64)86(90)69-25-21-61(93)41-73(69)106-74-42-62(94)22-26-70(74)86/h11-30,35-44,91-94,97-98H,9-10,31-34,45-46H2,1-8H3/b87-43-,88-44+. The molecule has 2 spiro atoms. The quantitative estimate of drug-likeness (QED) is 0.0490. The van der Waals surface area contributed by atoms with Gasteiger partial charge in [-0.15, -0.1) is 0 Å². The molecule has 0 radical (unpaired) electrons. The van der Waals surface area contributed by atoms with Crippen molar-refractivity contribution in [3.8, 4) is 69.0 Å². The molecule has 6 N–H and O–H groups in total. The normalized spacial score (nSPS) is 14.9. The van der Waals surface area contributed by atoms with Gasteiger partial charge in [0.1, 0.15) is 80.1 Å². The largest absolute Gasteiger partial charge is 0.508 e. The average Bonchev–Trinajstić information content (AvgIpc) is 1.53. The molecule has 0 unspecified atom stereocenters. The fourth-order valence-electron chi connectivity index (χ4n) is 15.4. The molecule has 8 bridgehead atoms. The second-order valence-electron chi connectivity index (χ2n) is 29.2. The number of carbonyl (C=O) groups excluding carboxylic acids is 4. The Hall–Kier alpha value is -12.6. The molecule has 0 saturated carbocycles. The number of phenols is 6. The lowest BCUT2D eigenvalue weighted by atomic mass is 9.75. The number of amides is 2. The number of hydrogen-bond donors (Lipinski definition) is 6. The first-order valence-corrected chi connectivity index (χ1v) is 35.0. The lowest BCUT2D eigenvalue weighted by molar-refractivity contribution is -0.146. The van der Waals surface area contributed by atoms with E-state index in [0.717, 1.165) is 11.1 Å². The maximum absolute atomic E-state index is 15.3. The molecular weight excluding hydrogens is 1340 g/mol. The molecule has 0 fully saturated rings. The van der Waals surface area contributed by atoms with E-state index in [4.69, 9.17) is 38.6 Å². The number of fused-ring (bicyclic) bond motifs is 20. The van der Waals surface area contributed by atoms with Crippen LogP contribution >= 0.6 is 0 Å². The average molecular weight is 1420 g/mol.